The first kappa shape index (κ1) is 12.2. The highest BCUT2D eigenvalue weighted by Crippen LogP contribution is 2.55. The average molecular weight is 258 g/mol. The molecular formula is C10H14N2O4S. The molecule has 0 bridgehead atoms. The molecular weight excluding hydrogens is 244 g/mol. The van der Waals surface area contributed by atoms with E-state index in [9.17, 15) is 19.5 Å². The van der Waals surface area contributed by atoms with Crippen LogP contribution in [0.4, 0.5) is 0 Å². The molecule has 2 saturated heterocycles. The lowest BCUT2D eigenvalue weighted by atomic mass is 9.90. The molecule has 2 aliphatic rings. The molecule has 2 N–H and O–H groups in total. The van der Waals surface area contributed by atoms with Crippen molar-refractivity contribution in [2.24, 2.45) is 0 Å². The lowest BCUT2D eigenvalue weighted by molar-refractivity contribution is -0.173. The Balaban J connectivity index is 2.50. The van der Waals surface area contributed by atoms with E-state index in [2.05, 4.69) is 5.32 Å². The van der Waals surface area contributed by atoms with Gasteiger partial charge in [0.2, 0.25) is 17.5 Å². The topological polar surface area (TPSA) is 86.7 Å². The molecule has 0 radical (unpaired) electrons. The van der Waals surface area contributed by atoms with E-state index < -0.39 is 22.3 Å². The molecule has 7 heteroatoms. The number of amides is 2. The Morgan fingerprint density at radius 3 is 2.53 bits per heavy atom. The van der Waals surface area contributed by atoms with Crippen LogP contribution in [-0.2, 0) is 14.4 Å². The summed E-state index contributed by atoms with van der Waals surface area (Å²) in [5.41, 5.74) is -1.64. The number of β-lactam (4-membered cyclic amide) rings is 1. The van der Waals surface area contributed by atoms with Crippen molar-refractivity contribution >= 4 is 29.5 Å². The molecule has 0 aromatic heterocycles. The van der Waals surface area contributed by atoms with Gasteiger partial charge in [-0.2, -0.15) is 0 Å². The molecule has 2 atom stereocenters. The van der Waals surface area contributed by atoms with E-state index >= 15 is 0 Å². The van der Waals surface area contributed by atoms with Crippen LogP contribution >= 0.6 is 11.8 Å². The van der Waals surface area contributed by atoms with Crippen molar-refractivity contribution in [1.82, 2.24) is 10.2 Å². The maximum atomic E-state index is 11.6. The number of thioether (sulfide) groups is 1. The third-order valence-electron chi connectivity index (χ3n) is 3.24. The van der Waals surface area contributed by atoms with Crippen LogP contribution in [0.2, 0.25) is 0 Å². The number of rotatable bonds is 2. The lowest BCUT2D eigenvalue weighted by Gasteiger charge is -2.46. The maximum Gasteiger partial charge on any atom is 0.352 e. The summed E-state index contributed by atoms with van der Waals surface area (Å²) in [6.07, 6.45) is 0.336. The molecule has 17 heavy (non-hydrogen) atoms. The number of carbonyl (C=O) groups is 3. The standard InChI is InChI=1S/C10H14N2O4S/c1-5(13)11-10(8(15)16)9(2,3)17-7-4-6(14)12(7)10/h7H,4H2,1-3H3,(H,11,13)(H,15,16). The first-order valence-corrected chi connectivity index (χ1v) is 6.12. The van der Waals surface area contributed by atoms with Gasteiger partial charge in [-0.3, -0.25) is 14.5 Å². The largest absolute Gasteiger partial charge is 0.478 e. The van der Waals surface area contributed by atoms with Gasteiger partial charge in [0.25, 0.3) is 0 Å². The van der Waals surface area contributed by atoms with Gasteiger partial charge in [-0.1, -0.05) is 0 Å². The number of hydrogen-bond acceptors (Lipinski definition) is 4. The fraction of sp³-hybridized carbons (Fsp3) is 0.700. The Labute approximate surface area is 103 Å². The molecule has 2 fully saturated rings. The summed E-state index contributed by atoms with van der Waals surface area (Å²) in [5, 5.41) is 11.8. The molecule has 2 amide bonds. The van der Waals surface area contributed by atoms with Gasteiger partial charge < -0.3 is 10.4 Å². The van der Waals surface area contributed by atoms with Crippen LogP contribution < -0.4 is 5.32 Å². The zero-order chi connectivity index (χ0) is 13.0. The molecule has 2 rings (SSSR count). The van der Waals surface area contributed by atoms with E-state index in [0.29, 0.717) is 6.42 Å². The molecule has 2 unspecified atom stereocenters. The molecule has 0 aliphatic carbocycles. The fourth-order valence-corrected chi connectivity index (χ4v) is 4.17. The van der Waals surface area contributed by atoms with Gasteiger partial charge in [-0.15, -0.1) is 11.8 Å². The number of nitrogens with one attached hydrogen (secondary N) is 1. The average Bonchev–Trinajstić information content (AvgIpc) is 2.30. The monoisotopic (exact) mass is 258 g/mol. The number of hydrogen-bond donors (Lipinski definition) is 2. The minimum atomic E-state index is -1.64. The van der Waals surface area contributed by atoms with E-state index in [1.807, 2.05) is 0 Å². The van der Waals surface area contributed by atoms with Crippen molar-refractivity contribution in [2.75, 3.05) is 0 Å². The summed E-state index contributed by atoms with van der Waals surface area (Å²) >= 11 is 1.41. The molecule has 94 valence electrons. The van der Waals surface area contributed by atoms with Crippen molar-refractivity contribution in [2.45, 2.75) is 43.0 Å². The van der Waals surface area contributed by atoms with Crippen molar-refractivity contribution in [3.05, 3.63) is 0 Å². The molecule has 2 aliphatic heterocycles. The number of aliphatic carboxylic acids is 1. The molecule has 6 nitrogen and oxygen atoms in total. The summed E-state index contributed by atoms with van der Waals surface area (Å²) in [7, 11) is 0. The summed E-state index contributed by atoms with van der Waals surface area (Å²) < 4.78 is -0.763. The van der Waals surface area contributed by atoms with Crippen molar-refractivity contribution < 1.29 is 19.5 Å². The third kappa shape index (κ3) is 1.38. The van der Waals surface area contributed by atoms with Gasteiger partial charge >= 0.3 is 5.97 Å². The van der Waals surface area contributed by atoms with E-state index in [-0.39, 0.29) is 11.3 Å². The van der Waals surface area contributed by atoms with Crippen molar-refractivity contribution in [3.63, 3.8) is 0 Å². The lowest BCUT2D eigenvalue weighted by Crippen LogP contribution is -2.74. The second-order valence-corrected chi connectivity index (χ2v) is 6.55. The van der Waals surface area contributed by atoms with Crippen molar-refractivity contribution in [1.29, 1.82) is 0 Å². The highest BCUT2D eigenvalue weighted by molar-refractivity contribution is 8.01. The highest BCUT2D eigenvalue weighted by atomic mass is 32.2. The minimum absolute atomic E-state index is 0.152. The van der Waals surface area contributed by atoms with Crippen LogP contribution in [0.5, 0.6) is 0 Å². The number of nitrogens with zero attached hydrogens (tertiary/aromatic N) is 1. The van der Waals surface area contributed by atoms with Crippen molar-refractivity contribution in [3.8, 4) is 0 Å². The van der Waals surface area contributed by atoms with Crippen LogP contribution in [0.25, 0.3) is 0 Å². The van der Waals surface area contributed by atoms with E-state index in [0.717, 1.165) is 0 Å². The van der Waals surface area contributed by atoms with E-state index in [1.54, 1.807) is 13.8 Å². The molecule has 2 heterocycles. The number of carboxylic acids is 1. The van der Waals surface area contributed by atoms with Gasteiger partial charge in [-0.05, 0) is 13.8 Å². The van der Waals surface area contributed by atoms with Gasteiger partial charge in [-0.25, -0.2) is 4.79 Å². The maximum absolute atomic E-state index is 11.6. The highest BCUT2D eigenvalue weighted by Gasteiger charge is 2.70. The van der Waals surface area contributed by atoms with E-state index in [4.69, 9.17) is 0 Å². The predicted molar refractivity (Wildman–Crippen MR) is 61.1 cm³/mol. The zero-order valence-corrected chi connectivity index (χ0v) is 10.6. The predicted octanol–water partition coefficient (Wildman–Crippen LogP) is -0.0128. The Morgan fingerprint density at radius 2 is 2.12 bits per heavy atom. The summed E-state index contributed by atoms with van der Waals surface area (Å²) in [6, 6.07) is 0. The van der Waals surface area contributed by atoms with Crippen LogP contribution in [0.3, 0.4) is 0 Å². The summed E-state index contributed by atoms with van der Waals surface area (Å²) in [4.78, 5) is 35.7. The van der Waals surface area contributed by atoms with Crippen LogP contribution in [-0.4, -0.2) is 43.6 Å². The normalized spacial score (nSPS) is 33.9. The smallest absolute Gasteiger partial charge is 0.352 e. The molecule has 0 saturated carbocycles. The second kappa shape index (κ2) is 3.38. The van der Waals surface area contributed by atoms with Crippen LogP contribution in [0, 0.1) is 0 Å². The van der Waals surface area contributed by atoms with E-state index in [1.165, 1.54) is 23.6 Å². The summed E-state index contributed by atoms with van der Waals surface area (Å²) in [5.74, 6) is -1.88. The number of carboxylic acid groups (broad SMARTS) is 1. The Kier molecular flexibility index (Phi) is 2.43. The van der Waals surface area contributed by atoms with Crippen LogP contribution in [0.1, 0.15) is 27.2 Å². The Hall–Kier alpha value is -1.24. The Morgan fingerprint density at radius 1 is 1.53 bits per heavy atom. The number of carbonyl (C=O) groups excluding carboxylic acids is 2. The third-order valence-corrected chi connectivity index (χ3v) is 4.77. The summed E-state index contributed by atoms with van der Waals surface area (Å²) in [6.45, 7) is 4.71. The van der Waals surface area contributed by atoms with Gasteiger partial charge in [0.15, 0.2) is 0 Å². The second-order valence-electron chi connectivity index (χ2n) is 4.75. The quantitative estimate of drug-likeness (QED) is 0.680. The Bertz CT molecular complexity index is 423. The molecule has 0 aromatic carbocycles. The van der Waals surface area contributed by atoms with Crippen LogP contribution in [0.15, 0.2) is 0 Å². The SMILES string of the molecule is CC(=O)NC1(C(=O)O)N2C(=O)CC2SC1(C)C. The minimum Gasteiger partial charge on any atom is -0.478 e. The zero-order valence-electron chi connectivity index (χ0n) is 9.81. The van der Waals surface area contributed by atoms with Gasteiger partial charge in [0.1, 0.15) is 0 Å². The van der Waals surface area contributed by atoms with Gasteiger partial charge in [0.05, 0.1) is 16.5 Å². The first-order valence-electron chi connectivity index (χ1n) is 5.24. The molecule has 0 aromatic rings. The van der Waals surface area contributed by atoms with Gasteiger partial charge in [0, 0.05) is 6.92 Å². The first-order chi connectivity index (χ1) is 7.72. The molecule has 0 spiro atoms. The fourth-order valence-electron chi connectivity index (χ4n) is 2.48. The number of fused-ring (bicyclic) bond motifs is 1.